The first-order valence-electron chi connectivity index (χ1n) is 3.33. The minimum atomic E-state index is 0.267. The smallest absolute Gasteiger partial charge is 0.00377 e. The summed E-state index contributed by atoms with van der Waals surface area (Å²) in [6.45, 7) is 3.93. The van der Waals surface area contributed by atoms with E-state index in [1.165, 1.54) is 0 Å². The van der Waals surface area contributed by atoms with Crippen LogP contribution in [0.15, 0.2) is 11.8 Å². The Morgan fingerprint density at radius 3 is 2.56 bits per heavy atom. The molecule has 2 nitrogen and oxygen atoms in total. The Labute approximate surface area is 56.9 Å². The summed E-state index contributed by atoms with van der Waals surface area (Å²) < 4.78 is 0. The highest BCUT2D eigenvalue weighted by Crippen LogP contribution is 1.99. The molecule has 0 fully saturated rings. The van der Waals surface area contributed by atoms with E-state index in [1.807, 2.05) is 19.9 Å². The molecule has 0 heterocycles. The molecule has 0 aliphatic heterocycles. The largest absolute Gasteiger partial charge is 0.402 e. The quantitative estimate of drug-likeness (QED) is 0.595. The highest BCUT2D eigenvalue weighted by molar-refractivity contribution is 4.93. The highest BCUT2D eigenvalue weighted by atomic mass is 14.6. The first-order chi connectivity index (χ1) is 4.16. The maximum atomic E-state index is 5.53. The van der Waals surface area contributed by atoms with Gasteiger partial charge in [-0.2, -0.15) is 0 Å². The van der Waals surface area contributed by atoms with Crippen LogP contribution in [0.3, 0.4) is 0 Å². The third-order valence-electron chi connectivity index (χ3n) is 1.26. The molecule has 0 bridgehead atoms. The van der Waals surface area contributed by atoms with Crippen LogP contribution in [-0.2, 0) is 0 Å². The second-order valence-corrected chi connectivity index (χ2v) is 2.38. The van der Waals surface area contributed by atoms with Gasteiger partial charge in [0.15, 0.2) is 0 Å². The molecular formula is C7H16N2. The van der Waals surface area contributed by atoms with Gasteiger partial charge in [-0.15, -0.1) is 0 Å². The third-order valence-corrected chi connectivity index (χ3v) is 1.26. The van der Waals surface area contributed by atoms with Crippen molar-refractivity contribution in [3.05, 3.63) is 11.8 Å². The summed E-state index contributed by atoms with van der Waals surface area (Å²) in [5.74, 6) is 0. The van der Waals surface area contributed by atoms with E-state index in [2.05, 4.69) is 0 Å². The molecule has 2 heteroatoms. The molecule has 54 valence electrons. The predicted octanol–water partition coefficient (Wildman–Crippen LogP) is 0.976. The normalized spacial score (nSPS) is 15.7. The molecule has 0 aromatic carbocycles. The summed E-state index contributed by atoms with van der Waals surface area (Å²) in [6.07, 6.45) is 3.83. The molecule has 0 saturated carbocycles. The van der Waals surface area contributed by atoms with Crippen molar-refractivity contribution in [1.29, 1.82) is 0 Å². The van der Waals surface area contributed by atoms with Gasteiger partial charge >= 0.3 is 0 Å². The molecule has 0 amide bonds. The molecule has 0 aromatic rings. The lowest BCUT2D eigenvalue weighted by molar-refractivity contribution is 0.659. The first-order valence-corrected chi connectivity index (χ1v) is 3.33. The fourth-order valence-electron chi connectivity index (χ4n) is 0.539. The Bertz CT molecular complexity index is 95.1. The number of hydrogen-bond donors (Lipinski definition) is 2. The Hall–Kier alpha value is -0.500. The van der Waals surface area contributed by atoms with E-state index in [9.17, 15) is 0 Å². The number of allylic oxidation sites excluding steroid dienone is 2. The van der Waals surface area contributed by atoms with Gasteiger partial charge in [-0.3, -0.25) is 0 Å². The van der Waals surface area contributed by atoms with Gasteiger partial charge in [0.2, 0.25) is 0 Å². The zero-order chi connectivity index (χ0) is 7.28. The minimum absolute atomic E-state index is 0.267. The van der Waals surface area contributed by atoms with Crippen molar-refractivity contribution in [2.24, 2.45) is 11.5 Å². The standard InChI is InChI=1S/C7H16N2/c1-3-7(9)5-4-6(2)8/h3,6H,4-5,8-9H2,1-2H3. The second-order valence-electron chi connectivity index (χ2n) is 2.38. The van der Waals surface area contributed by atoms with Gasteiger partial charge in [0.1, 0.15) is 0 Å². The Balaban J connectivity index is 3.28. The van der Waals surface area contributed by atoms with Gasteiger partial charge in [-0.05, 0) is 26.7 Å². The third kappa shape index (κ3) is 5.37. The number of hydrogen-bond acceptors (Lipinski definition) is 2. The van der Waals surface area contributed by atoms with Crippen molar-refractivity contribution >= 4 is 0 Å². The maximum absolute atomic E-state index is 5.53. The van der Waals surface area contributed by atoms with E-state index in [0.717, 1.165) is 18.5 Å². The van der Waals surface area contributed by atoms with Gasteiger partial charge in [-0.1, -0.05) is 6.08 Å². The van der Waals surface area contributed by atoms with Crippen molar-refractivity contribution < 1.29 is 0 Å². The first kappa shape index (κ1) is 8.50. The fraction of sp³-hybridized carbons (Fsp3) is 0.714. The lowest BCUT2D eigenvalue weighted by Crippen LogP contribution is -2.15. The average molecular weight is 128 g/mol. The summed E-state index contributed by atoms with van der Waals surface area (Å²) in [7, 11) is 0. The Morgan fingerprint density at radius 1 is 1.67 bits per heavy atom. The molecule has 0 aliphatic carbocycles. The minimum Gasteiger partial charge on any atom is -0.402 e. The van der Waals surface area contributed by atoms with Crippen LogP contribution in [0, 0.1) is 0 Å². The van der Waals surface area contributed by atoms with Crippen LogP contribution in [0.5, 0.6) is 0 Å². The second kappa shape index (κ2) is 4.39. The summed E-state index contributed by atoms with van der Waals surface area (Å²) >= 11 is 0. The van der Waals surface area contributed by atoms with Crippen LogP contribution in [0.1, 0.15) is 26.7 Å². The summed E-state index contributed by atoms with van der Waals surface area (Å²) in [4.78, 5) is 0. The van der Waals surface area contributed by atoms with E-state index in [1.54, 1.807) is 0 Å². The summed E-state index contributed by atoms with van der Waals surface area (Å²) in [6, 6.07) is 0.267. The zero-order valence-corrected chi connectivity index (χ0v) is 6.22. The van der Waals surface area contributed by atoms with Crippen molar-refractivity contribution in [2.75, 3.05) is 0 Å². The van der Waals surface area contributed by atoms with E-state index in [4.69, 9.17) is 11.5 Å². The summed E-state index contributed by atoms with van der Waals surface area (Å²) in [5, 5.41) is 0. The molecule has 0 saturated heterocycles. The lowest BCUT2D eigenvalue weighted by atomic mass is 10.1. The molecule has 0 aromatic heterocycles. The fourth-order valence-corrected chi connectivity index (χ4v) is 0.539. The average Bonchev–Trinajstić information content (AvgIpc) is 1.83. The van der Waals surface area contributed by atoms with Crippen molar-refractivity contribution in [3.63, 3.8) is 0 Å². The molecule has 0 aliphatic rings. The van der Waals surface area contributed by atoms with E-state index in [-0.39, 0.29) is 6.04 Å². The number of rotatable bonds is 3. The van der Waals surface area contributed by atoms with Crippen molar-refractivity contribution in [2.45, 2.75) is 32.7 Å². The Kier molecular flexibility index (Phi) is 4.14. The van der Waals surface area contributed by atoms with Crippen molar-refractivity contribution in [1.82, 2.24) is 0 Å². The summed E-state index contributed by atoms with van der Waals surface area (Å²) in [5.41, 5.74) is 12.0. The molecular weight excluding hydrogens is 112 g/mol. The van der Waals surface area contributed by atoms with Crippen molar-refractivity contribution in [3.8, 4) is 0 Å². The molecule has 0 spiro atoms. The molecule has 0 rings (SSSR count). The molecule has 0 radical (unpaired) electrons. The zero-order valence-electron chi connectivity index (χ0n) is 6.22. The molecule has 1 atom stereocenters. The lowest BCUT2D eigenvalue weighted by Gasteiger charge is -2.03. The molecule has 4 N–H and O–H groups in total. The van der Waals surface area contributed by atoms with Crippen LogP contribution in [0.25, 0.3) is 0 Å². The molecule has 1 unspecified atom stereocenters. The SMILES string of the molecule is CC=C(N)CCC(C)N. The predicted molar refractivity (Wildman–Crippen MR) is 40.8 cm³/mol. The van der Waals surface area contributed by atoms with Gasteiger partial charge in [0, 0.05) is 11.7 Å². The van der Waals surface area contributed by atoms with Crippen LogP contribution in [0.4, 0.5) is 0 Å². The molecule has 9 heavy (non-hydrogen) atoms. The maximum Gasteiger partial charge on any atom is 0.00377 e. The number of nitrogens with two attached hydrogens (primary N) is 2. The van der Waals surface area contributed by atoms with Gasteiger partial charge in [0.25, 0.3) is 0 Å². The van der Waals surface area contributed by atoms with E-state index >= 15 is 0 Å². The van der Waals surface area contributed by atoms with Crippen LogP contribution in [-0.4, -0.2) is 6.04 Å². The van der Waals surface area contributed by atoms with Gasteiger partial charge in [0.05, 0.1) is 0 Å². The van der Waals surface area contributed by atoms with Crippen LogP contribution >= 0.6 is 0 Å². The monoisotopic (exact) mass is 128 g/mol. The topological polar surface area (TPSA) is 52.0 Å². The highest BCUT2D eigenvalue weighted by Gasteiger charge is 1.93. The van der Waals surface area contributed by atoms with Gasteiger partial charge < -0.3 is 11.5 Å². The van der Waals surface area contributed by atoms with Crippen LogP contribution in [0.2, 0.25) is 0 Å². The van der Waals surface area contributed by atoms with Crippen LogP contribution < -0.4 is 11.5 Å². The van der Waals surface area contributed by atoms with E-state index < -0.39 is 0 Å². The Morgan fingerprint density at radius 2 is 2.22 bits per heavy atom. The van der Waals surface area contributed by atoms with E-state index in [0.29, 0.717) is 0 Å². The van der Waals surface area contributed by atoms with Gasteiger partial charge in [-0.25, -0.2) is 0 Å².